The molecular formula is C17H18O. The van der Waals surface area contributed by atoms with E-state index in [1.165, 1.54) is 11.1 Å². The van der Waals surface area contributed by atoms with Crippen LogP contribution in [-0.2, 0) is 0 Å². The average molecular weight is 238 g/mol. The van der Waals surface area contributed by atoms with Crippen molar-refractivity contribution in [1.82, 2.24) is 0 Å². The molecule has 18 heavy (non-hydrogen) atoms. The highest BCUT2D eigenvalue weighted by Crippen LogP contribution is 2.53. The van der Waals surface area contributed by atoms with Crippen LogP contribution in [-0.4, -0.2) is 11.2 Å². The Morgan fingerprint density at radius 2 is 1.17 bits per heavy atom. The maximum Gasteiger partial charge on any atom is 0.0646 e. The Hall–Kier alpha value is -1.60. The predicted molar refractivity (Wildman–Crippen MR) is 73.5 cm³/mol. The average Bonchev–Trinajstić information content (AvgIpc) is 2.45. The molecule has 0 radical (unpaired) electrons. The normalized spacial score (nSPS) is 30.8. The summed E-state index contributed by atoms with van der Waals surface area (Å²) in [5.41, 5.74) is 2.58. The SMILES string of the molecule is CC1C(O)C(c2ccccc2)C1c1ccccc1. The van der Waals surface area contributed by atoms with Crippen LogP contribution in [0.2, 0.25) is 0 Å². The van der Waals surface area contributed by atoms with Crippen molar-refractivity contribution in [1.29, 1.82) is 0 Å². The highest BCUT2D eigenvalue weighted by atomic mass is 16.3. The van der Waals surface area contributed by atoms with Crippen LogP contribution in [0.4, 0.5) is 0 Å². The van der Waals surface area contributed by atoms with E-state index < -0.39 is 0 Å². The Balaban J connectivity index is 1.94. The van der Waals surface area contributed by atoms with E-state index in [1.54, 1.807) is 0 Å². The third kappa shape index (κ3) is 1.75. The van der Waals surface area contributed by atoms with Crippen LogP contribution in [0.15, 0.2) is 60.7 Å². The molecule has 1 fully saturated rings. The summed E-state index contributed by atoms with van der Waals surface area (Å²) in [6.45, 7) is 2.14. The van der Waals surface area contributed by atoms with E-state index in [1.807, 2.05) is 24.3 Å². The van der Waals surface area contributed by atoms with E-state index in [-0.39, 0.29) is 12.0 Å². The van der Waals surface area contributed by atoms with Gasteiger partial charge in [-0.3, -0.25) is 0 Å². The highest BCUT2D eigenvalue weighted by Gasteiger charge is 2.48. The van der Waals surface area contributed by atoms with Gasteiger partial charge in [0.25, 0.3) is 0 Å². The van der Waals surface area contributed by atoms with Crippen molar-refractivity contribution in [2.24, 2.45) is 5.92 Å². The molecule has 1 saturated carbocycles. The summed E-state index contributed by atoms with van der Waals surface area (Å²) in [6, 6.07) is 20.9. The summed E-state index contributed by atoms with van der Waals surface area (Å²) in [7, 11) is 0. The zero-order valence-electron chi connectivity index (χ0n) is 10.5. The molecule has 1 heteroatoms. The van der Waals surface area contributed by atoms with Gasteiger partial charge in [0.05, 0.1) is 6.10 Å². The van der Waals surface area contributed by atoms with Gasteiger partial charge in [-0.15, -0.1) is 0 Å². The van der Waals surface area contributed by atoms with Crippen molar-refractivity contribution in [2.45, 2.75) is 24.9 Å². The molecule has 1 nitrogen and oxygen atoms in total. The number of hydrogen-bond donors (Lipinski definition) is 1. The molecule has 3 rings (SSSR count). The molecule has 4 unspecified atom stereocenters. The van der Waals surface area contributed by atoms with Gasteiger partial charge in [-0.25, -0.2) is 0 Å². The van der Waals surface area contributed by atoms with Gasteiger partial charge < -0.3 is 5.11 Å². The van der Waals surface area contributed by atoms with Gasteiger partial charge in [0.2, 0.25) is 0 Å². The van der Waals surface area contributed by atoms with Crippen molar-refractivity contribution < 1.29 is 5.11 Å². The lowest BCUT2D eigenvalue weighted by atomic mass is 9.58. The number of aliphatic hydroxyl groups excluding tert-OH is 1. The first kappa shape index (κ1) is 11.5. The third-order valence-electron chi connectivity index (χ3n) is 4.23. The second kappa shape index (κ2) is 4.58. The van der Waals surface area contributed by atoms with Crippen LogP contribution >= 0.6 is 0 Å². The summed E-state index contributed by atoms with van der Waals surface area (Å²) in [6.07, 6.45) is -0.224. The molecule has 0 saturated heterocycles. The molecule has 92 valence electrons. The molecule has 1 aliphatic rings. The first-order valence-electron chi connectivity index (χ1n) is 6.57. The lowest BCUT2D eigenvalue weighted by molar-refractivity contribution is -0.0165. The lowest BCUT2D eigenvalue weighted by Crippen LogP contribution is -2.46. The molecule has 0 bridgehead atoms. The van der Waals surface area contributed by atoms with Crippen LogP contribution in [0.3, 0.4) is 0 Å². The van der Waals surface area contributed by atoms with Gasteiger partial charge in [0.1, 0.15) is 0 Å². The summed E-state index contributed by atoms with van der Waals surface area (Å²) >= 11 is 0. The molecule has 1 aliphatic carbocycles. The molecular weight excluding hydrogens is 220 g/mol. The van der Waals surface area contributed by atoms with E-state index >= 15 is 0 Å². The van der Waals surface area contributed by atoms with Crippen molar-refractivity contribution in [2.75, 3.05) is 0 Å². The molecule has 0 aliphatic heterocycles. The van der Waals surface area contributed by atoms with E-state index in [2.05, 4.69) is 43.3 Å². The zero-order valence-corrected chi connectivity index (χ0v) is 10.5. The maximum atomic E-state index is 10.3. The van der Waals surface area contributed by atoms with Crippen molar-refractivity contribution in [3.8, 4) is 0 Å². The summed E-state index contributed by atoms with van der Waals surface area (Å²) < 4.78 is 0. The van der Waals surface area contributed by atoms with Gasteiger partial charge in [-0.1, -0.05) is 67.6 Å². The van der Waals surface area contributed by atoms with Crippen LogP contribution in [0.5, 0.6) is 0 Å². The van der Waals surface area contributed by atoms with Gasteiger partial charge in [-0.05, 0) is 23.0 Å². The highest BCUT2D eigenvalue weighted by molar-refractivity contribution is 5.35. The van der Waals surface area contributed by atoms with Gasteiger partial charge in [0.15, 0.2) is 0 Å². The molecule has 0 aromatic heterocycles. The monoisotopic (exact) mass is 238 g/mol. The van der Waals surface area contributed by atoms with Gasteiger partial charge >= 0.3 is 0 Å². The topological polar surface area (TPSA) is 20.2 Å². The summed E-state index contributed by atoms with van der Waals surface area (Å²) in [5.74, 6) is 1.00. The van der Waals surface area contributed by atoms with E-state index in [0.717, 1.165) is 0 Å². The first-order chi connectivity index (χ1) is 8.79. The Labute approximate surface area is 108 Å². The van der Waals surface area contributed by atoms with Crippen LogP contribution in [0.25, 0.3) is 0 Å². The number of hydrogen-bond acceptors (Lipinski definition) is 1. The molecule has 2 aromatic rings. The van der Waals surface area contributed by atoms with E-state index in [4.69, 9.17) is 0 Å². The fourth-order valence-electron chi connectivity index (χ4n) is 3.20. The maximum absolute atomic E-state index is 10.3. The minimum atomic E-state index is -0.224. The predicted octanol–water partition coefficient (Wildman–Crippen LogP) is 3.56. The number of rotatable bonds is 2. The van der Waals surface area contributed by atoms with Crippen LogP contribution < -0.4 is 0 Å². The molecule has 0 amide bonds. The number of benzene rings is 2. The molecule has 2 aromatic carbocycles. The number of aliphatic hydroxyl groups is 1. The Morgan fingerprint density at radius 3 is 1.67 bits per heavy atom. The van der Waals surface area contributed by atoms with E-state index in [0.29, 0.717) is 11.8 Å². The third-order valence-corrected chi connectivity index (χ3v) is 4.23. The Kier molecular flexibility index (Phi) is 2.92. The first-order valence-corrected chi connectivity index (χ1v) is 6.57. The molecule has 1 N–H and O–H groups in total. The van der Waals surface area contributed by atoms with Crippen molar-refractivity contribution >= 4 is 0 Å². The Bertz CT molecular complexity index is 456. The second-order valence-electron chi connectivity index (χ2n) is 5.22. The molecule has 0 heterocycles. The minimum Gasteiger partial charge on any atom is -0.392 e. The van der Waals surface area contributed by atoms with Crippen molar-refractivity contribution in [3.05, 3.63) is 71.8 Å². The lowest BCUT2D eigenvalue weighted by Gasteiger charge is -2.48. The minimum absolute atomic E-state index is 0.224. The van der Waals surface area contributed by atoms with E-state index in [9.17, 15) is 5.11 Å². The standard InChI is InChI=1S/C17H18O/c1-12-15(13-8-4-2-5-9-13)16(17(12)18)14-10-6-3-7-11-14/h2-12,15-18H,1H3. The van der Waals surface area contributed by atoms with Crippen LogP contribution in [0.1, 0.15) is 29.9 Å². The Morgan fingerprint density at radius 1 is 0.722 bits per heavy atom. The van der Waals surface area contributed by atoms with Crippen molar-refractivity contribution in [3.63, 3.8) is 0 Å². The van der Waals surface area contributed by atoms with Gasteiger partial charge in [0, 0.05) is 5.92 Å². The molecule has 4 atom stereocenters. The fraction of sp³-hybridized carbons (Fsp3) is 0.294. The molecule has 0 spiro atoms. The van der Waals surface area contributed by atoms with Crippen LogP contribution in [0, 0.1) is 5.92 Å². The second-order valence-corrected chi connectivity index (χ2v) is 5.22. The smallest absolute Gasteiger partial charge is 0.0646 e. The zero-order chi connectivity index (χ0) is 12.5. The summed E-state index contributed by atoms with van der Waals surface area (Å²) in [5, 5.41) is 10.3. The van der Waals surface area contributed by atoms with Gasteiger partial charge in [-0.2, -0.15) is 0 Å². The summed E-state index contributed by atoms with van der Waals surface area (Å²) in [4.78, 5) is 0. The largest absolute Gasteiger partial charge is 0.392 e. The quantitative estimate of drug-likeness (QED) is 0.848. The fourth-order valence-corrected chi connectivity index (χ4v) is 3.20.